The molecule has 0 aromatic carbocycles. The number of esters is 1. The summed E-state index contributed by atoms with van der Waals surface area (Å²) in [6, 6.07) is 0. The van der Waals surface area contributed by atoms with Crippen LogP contribution >= 0.6 is 11.3 Å². The van der Waals surface area contributed by atoms with Crippen molar-refractivity contribution < 1.29 is 9.53 Å². The molecule has 0 bridgehead atoms. The van der Waals surface area contributed by atoms with E-state index >= 15 is 0 Å². The van der Waals surface area contributed by atoms with E-state index in [4.69, 9.17) is 4.74 Å². The van der Waals surface area contributed by atoms with E-state index in [1.54, 1.807) is 11.3 Å². The smallest absolute Gasteiger partial charge is 0.307 e. The molecule has 1 aromatic heterocycles. The van der Waals surface area contributed by atoms with E-state index in [-0.39, 0.29) is 5.97 Å². The molecule has 0 aliphatic carbocycles. The molecule has 0 aliphatic rings. The number of thiazole rings is 1. The molecule has 19 heavy (non-hydrogen) atoms. The van der Waals surface area contributed by atoms with Gasteiger partial charge in [0.1, 0.15) is 0 Å². The first-order valence-corrected chi connectivity index (χ1v) is 7.58. The van der Waals surface area contributed by atoms with Gasteiger partial charge < -0.3 is 15.0 Å². The van der Waals surface area contributed by atoms with E-state index in [0.29, 0.717) is 19.6 Å². The van der Waals surface area contributed by atoms with Gasteiger partial charge in [-0.15, -0.1) is 11.3 Å². The molecule has 0 saturated carbocycles. The predicted molar refractivity (Wildman–Crippen MR) is 78.6 cm³/mol. The fourth-order valence-electron chi connectivity index (χ4n) is 1.65. The largest absolute Gasteiger partial charge is 0.466 e. The summed E-state index contributed by atoms with van der Waals surface area (Å²) in [4.78, 5) is 19.0. The Morgan fingerprint density at radius 3 is 2.79 bits per heavy atom. The zero-order valence-electron chi connectivity index (χ0n) is 11.9. The highest BCUT2D eigenvalue weighted by molar-refractivity contribution is 7.15. The second-order valence-corrected chi connectivity index (χ2v) is 5.11. The lowest BCUT2D eigenvalue weighted by molar-refractivity contribution is -0.142. The summed E-state index contributed by atoms with van der Waals surface area (Å²) in [7, 11) is 0. The van der Waals surface area contributed by atoms with Gasteiger partial charge in [0.05, 0.1) is 13.0 Å². The number of rotatable bonds is 9. The van der Waals surface area contributed by atoms with Gasteiger partial charge in [0.15, 0.2) is 5.13 Å². The number of anilines is 1. The number of aromatic nitrogens is 1. The molecule has 0 saturated heterocycles. The number of nitrogens with zero attached hydrogens (tertiary/aromatic N) is 2. The molecule has 108 valence electrons. The third kappa shape index (κ3) is 5.57. The Hall–Kier alpha value is -1.14. The summed E-state index contributed by atoms with van der Waals surface area (Å²) in [5.41, 5.74) is 0. The van der Waals surface area contributed by atoms with E-state index < -0.39 is 0 Å². The van der Waals surface area contributed by atoms with Crippen molar-refractivity contribution in [3.05, 3.63) is 11.1 Å². The molecule has 0 spiro atoms. The van der Waals surface area contributed by atoms with E-state index in [9.17, 15) is 4.79 Å². The van der Waals surface area contributed by atoms with Crippen LogP contribution in [0.2, 0.25) is 0 Å². The molecule has 5 nitrogen and oxygen atoms in total. The Kier molecular flexibility index (Phi) is 7.43. The summed E-state index contributed by atoms with van der Waals surface area (Å²) in [6.45, 7) is 9.85. The Bertz CT molecular complexity index is 378. The van der Waals surface area contributed by atoms with Crippen molar-refractivity contribution in [1.29, 1.82) is 0 Å². The maximum Gasteiger partial charge on any atom is 0.307 e. The van der Waals surface area contributed by atoms with Crippen LogP contribution in [0.3, 0.4) is 0 Å². The summed E-state index contributed by atoms with van der Waals surface area (Å²) in [6.07, 6.45) is 2.31. The molecule has 0 aliphatic heterocycles. The van der Waals surface area contributed by atoms with E-state index in [0.717, 1.165) is 24.8 Å². The lowest BCUT2D eigenvalue weighted by atomic mass is 10.4. The molecule has 0 amide bonds. The van der Waals surface area contributed by atoms with E-state index in [1.807, 2.05) is 13.1 Å². The zero-order valence-corrected chi connectivity index (χ0v) is 12.8. The van der Waals surface area contributed by atoms with Crippen molar-refractivity contribution >= 4 is 22.4 Å². The standard InChI is InChI=1S/C13H23N3O2S/c1-4-16(5-2)13-15-10-11(19-13)9-14-8-7-12(17)18-6-3/h10,14H,4-9H2,1-3H3. The first-order chi connectivity index (χ1) is 9.21. The third-order valence-corrected chi connectivity index (χ3v) is 3.74. The van der Waals surface area contributed by atoms with Crippen molar-refractivity contribution in [3.8, 4) is 0 Å². The molecule has 1 N–H and O–H groups in total. The van der Waals surface area contributed by atoms with Crippen LogP contribution in [0.15, 0.2) is 6.20 Å². The molecule has 0 atom stereocenters. The first kappa shape index (κ1) is 15.9. The number of ether oxygens (including phenoxy) is 1. The predicted octanol–water partition coefficient (Wildman–Crippen LogP) is 2.03. The van der Waals surface area contributed by atoms with Gasteiger partial charge >= 0.3 is 5.97 Å². The average Bonchev–Trinajstić information content (AvgIpc) is 2.85. The molecule has 0 unspecified atom stereocenters. The van der Waals surface area contributed by atoms with Crippen molar-refractivity contribution in [1.82, 2.24) is 10.3 Å². The molecular formula is C13H23N3O2S. The Labute approximate surface area is 119 Å². The van der Waals surface area contributed by atoms with Gasteiger partial charge in [-0.25, -0.2) is 4.98 Å². The summed E-state index contributed by atoms with van der Waals surface area (Å²) >= 11 is 1.70. The zero-order chi connectivity index (χ0) is 14.1. The number of nitrogens with one attached hydrogen (secondary N) is 1. The van der Waals surface area contributed by atoms with Crippen molar-refractivity contribution in [2.24, 2.45) is 0 Å². The molecule has 0 fully saturated rings. The van der Waals surface area contributed by atoms with Crippen LogP contribution in [0.4, 0.5) is 5.13 Å². The van der Waals surface area contributed by atoms with Crippen LogP contribution in [-0.2, 0) is 16.1 Å². The fourth-order valence-corrected chi connectivity index (χ4v) is 2.66. The van der Waals surface area contributed by atoms with Gasteiger partial charge in [-0.05, 0) is 20.8 Å². The summed E-state index contributed by atoms with van der Waals surface area (Å²) in [5.74, 6) is -0.150. The molecule has 1 rings (SSSR count). The minimum atomic E-state index is -0.150. The van der Waals surface area contributed by atoms with Gasteiger partial charge in [0, 0.05) is 37.3 Å². The van der Waals surface area contributed by atoms with Crippen molar-refractivity contribution in [2.75, 3.05) is 31.1 Å². The van der Waals surface area contributed by atoms with Crippen molar-refractivity contribution in [3.63, 3.8) is 0 Å². The molecule has 0 radical (unpaired) electrons. The van der Waals surface area contributed by atoms with Gasteiger partial charge in [0.2, 0.25) is 0 Å². The Balaban J connectivity index is 2.28. The van der Waals surface area contributed by atoms with Crippen LogP contribution in [-0.4, -0.2) is 37.2 Å². The first-order valence-electron chi connectivity index (χ1n) is 6.77. The van der Waals surface area contributed by atoms with Crippen LogP contribution in [0.1, 0.15) is 32.1 Å². The van der Waals surface area contributed by atoms with E-state index in [2.05, 4.69) is 29.0 Å². The lowest BCUT2D eigenvalue weighted by Crippen LogP contribution is -2.21. The van der Waals surface area contributed by atoms with Gasteiger partial charge in [-0.3, -0.25) is 4.79 Å². The van der Waals surface area contributed by atoms with Gasteiger partial charge in [-0.1, -0.05) is 0 Å². The molecule has 6 heteroatoms. The van der Waals surface area contributed by atoms with Gasteiger partial charge in [0.25, 0.3) is 0 Å². The highest BCUT2D eigenvalue weighted by atomic mass is 32.1. The highest BCUT2D eigenvalue weighted by Gasteiger charge is 2.07. The third-order valence-electron chi connectivity index (χ3n) is 2.69. The quantitative estimate of drug-likeness (QED) is 0.556. The highest BCUT2D eigenvalue weighted by Crippen LogP contribution is 2.21. The summed E-state index contributed by atoms with van der Waals surface area (Å²) in [5, 5.41) is 4.29. The van der Waals surface area contributed by atoms with Crippen molar-refractivity contribution in [2.45, 2.75) is 33.7 Å². The Morgan fingerprint density at radius 1 is 1.42 bits per heavy atom. The number of hydrogen-bond acceptors (Lipinski definition) is 6. The normalized spacial score (nSPS) is 10.5. The number of carbonyl (C=O) groups excluding carboxylic acids is 1. The monoisotopic (exact) mass is 285 g/mol. The molecular weight excluding hydrogens is 262 g/mol. The maximum atomic E-state index is 11.1. The van der Waals surface area contributed by atoms with Crippen LogP contribution in [0, 0.1) is 0 Å². The van der Waals surface area contributed by atoms with Crippen LogP contribution in [0.5, 0.6) is 0 Å². The maximum absolute atomic E-state index is 11.1. The Morgan fingerprint density at radius 2 is 2.16 bits per heavy atom. The van der Waals surface area contributed by atoms with Crippen LogP contribution < -0.4 is 10.2 Å². The SMILES string of the molecule is CCOC(=O)CCNCc1cnc(N(CC)CC)s1. The second kappa shape index (κ2) is 8.87. The average molecular weight is 285 g/mol. The fraction of sp³-hybridized carbons (Fsp3) is 0.692. The second-order valence-electron chi connectivity index (χ2n) is 4.01. The van der Waals surface area contributed by atoms with Crippen LogP contribution in [0.25, 0.3) is 0 Å². The molecule has 1 heterocycles. The minimum Gasteiger partial charge on any atom is -0.466 e. The number of hydrogen-bond donors (Lipinski definition) is 1. The number of carbonyl (C=O) groups is 1. The topological polar surface area (TPSA) is 54.5 Å². The van der Waals surface area contributed by atoms with Gasteiger partial charge in [-0.2, -0.15) is 0 Å². The van der Waals surface area contributed by atoms with E-state index in [1.165, 1.54) is 4.88 Å². The summed E-state index contributed by atoms with van der Waals surface area (Å²) < 4.78 is 4.86. The molecule has 1 aromatic rings. The minimum absolute atomic E-state index is 0.150. The lowest BCUT2D eigenvalue weighted by Gasteiger charge is -2.16.